The Morgan fingerprint density at radius 1 is 0.463 bits per heavy atom. The van der Waals surface area contributed by atoms with Crippen molar-refractivity contribution in [2.75, 3.05) is 45.6 Å². The number of nitrogens with zero attached hydrogens (tertiary/aromatic N) is 6. The smallest absolute Gasteiger partial charge is 0.301 e. The standard InChI is InChI=1S/C22H26N6O4S.C13H18N2O5S.C13H20N2O3S.C9H9N3O.C7H6ClNO5S.C6H13N/c1-32-17-12-13-19(33(30,31)27-15-8-4-2-5-9-15)18(14-17)24-25-20-21(23)26-28(22(20)29)16-10-6-3-7-11-16;1-20-11-7-8-13(12(9-11)15(16)17)21(18,19)14-10-5-3-2-4-6-10;1-18-11-7-8-13(12(14)9-11)19(16,17)15-10-5-3-2-4-6-10;10-8-6-9(13)12(11-8)7-4-2-1-3-5-7;1-14-5-2-3-7(15(8,12)13)6(4-5)9(10)11;7-6-4-2-1-3-5-6/h3,6-7,10-15,26-27H,2,4-5,8-9,23H2,1H3;7-10,14H,2-6H2,1H3;7-10,15H,2-6,14H2,1H3;1-6,11H,10H2;2-4H,1H3;6H,1-5,7H2. The molecule has 0 amide bonds. The lowest BCUT2D eigenvalue weighted by molar-refractivity contribution is -0.388. The van der Waals surface area contributed by atoms with Crippen molar-refractivity contribution in [3.05, 3.63) is 180 Å². The van der Waals surface area contributed by atoms with Crippen LogP contribution < -0.4 is 67.2 Å². The van der Waals surface area contributed by atoms with E-state index >= 15 is 0 Å². The van der Waals surface area contributed by atoms with Crippen LogP contribution >= 0.6 is 10.7 Å². The summed E-state index contributed by atoms with van der Waals surface area (Å²) in [4.78, 5) is 43.4. The predicted octanol–water partition coefficient (Wildman–Crippen LogP) is 11.4. The number of nitrogens with one attached hydrogen (secondary N) is 5. The minimum absolute atomic E-state index is 0.0141. The van der Waals surface area contributed by atoms with Crippen LogP contribution in [-0.2, 0) is 39.1 Å². The van der Waals surface area contributed by atoms with Crippen LogP contribution in [0, 0.1) is 20.2 Å². The van der Waals surface area contributed by atoms with Gasteiger partial charge in [-0.05, 0) is 124 Å². The third-order valence-corrected chi connectivity index (χ3v) is 23.7. The molecule has 0 unspecified atom stereocenters. The van der Waals surface area contributed by atoms with Gasteiger partial charge in [-0.3, -0.25) is 40.0 Å². The van der Waals surface area contributed by atoms with Gasteiger partial charge in [-0.25, -0.2) is 57.2 Å². The summed E-state index contributed by atoms with van der Waals surface area (Å²) in [5, 5.41) is 35.2. The molecule has 0 bridgehead atoms. The summed E-state index contributed by atoms with van der Waals surface area (Å²) in [5.41, 5.74) is 22.6. The Hall–Kier alpha value is -9.73. The average Bonchev–Trinajstić information content (AvgIpc) is 1.24. The largest absolute Gasteiger partial charge is 0.497 e. The van der Waals surface area contributed by atoms with Gasteiger partial charge in [0.15, 0.2) is 15.5 Å². The van der Waals surface area contributed by atoms with Gasteiger partial charge < -0.3 is 41.9 Å². The van der Waals surface area contributed by atoms with Crippen LogP contribution in [0.2, 0.25) is 0 Å². The molecule has 4 aliphatic carbocycles. The van der Waals surface area contributed by atoms with E-state index in [-0.39, 0.29) is 72.8 Å². The van der Waals surface area contributed by atoms with Gasteiger partial charge in [-0.1, -0.05) is 113 Å². The maximum atomic E-state index is 13.1. The molecule has 12 rings (SSSR count). The van der Waals surface area contributed by atoms with Crippen molar-refractivity contribution in [2.45, 2.75) is 172 Å². The molecule has 0 saturated heterocycles. The molecule has 2 heterocycles. The number of halogens is 1. The van der Waals surface area contributed by atoms with Crippen molar-refractivity contribution in [1.82, 2.24) is 33.7 Å². The number of hydrogen-bond acceptors (Lipinski definition) is 24. The number of azo groups is 1. The summed E-state index contributed by atoms with van der Waals surface area (Å²) < 4.78 is 128. The summed E-state index contributed by atoms with van der Waals surface area (Å²) in [5.74, 6) is 1.77. The Balaban J connectivity index is 0.000000190. The fourth-order valence-electron chi connectivity index (χ4n) is 12.0. The van der Waals surface area contributed by atoms with Crippen molar-refractivity contribution >= 4 is 89.9 Å². The van der Waals surface area contributed by atoms with Crippen molar-refractivity contribution < 1.29 is 62.5 Å². The summed E-state index contributed by atoms with van der Waals surface area (Å²) in [6.07, 6.45) is 21.0. The zero-order valence-corrected chi connectivity index (χ0v) is 64.1. The van der Waals surface area contributed by atoms with Crippen LogP contribution in [0.5, 0.6) is 23.0 Å². The SMILES string of the molecule is COc1ccc(S(=O)(=O)Cl)c([N+](=O)[O-])c1.COc1ccc(S(=O)(=O)NC2CCCCC2)c(N)c1.COc1ccc(S(=O)(=O)NC2CCCCC2)c(N=Nc2c(N)[nH]n(-c3ccccc3)c2=O)c1.COc1ccc(S(=O)(=O)NC2CCCCC2)c([N+](=O)[O-])c1.NC1CCCCC1.Nc1cc(=O)n(-c2ccccc2)[nH]1. The van der Waals surface area contributed by atoms with E-state index in [1.54, 1.807) is 36.4 Å². The number of nitro groups is 2. The number of hydrogen-bond donors (Lipinski definition) is 9. The Morgan fingerprint density at radius 2 is 0.833 bits per heavy atom. The second kappa shape index (κ2) is 40.5. The summed E-state index contributed by atoms with van der Waals surface area (Å²) in [7, 11) is -4.75. The van der Waals surface area contributed by atoms with Gasteiger partial charge in [0.1, 0.15) is 50.1 Å². The third kappa shape index (κ3) is 25.2. The number of aromatic nitrogens is 4. The number of aromatic amines is 2. The van der Waals surface area contributed by atoms with Crippen molar-refractivity contribution in [3.8, 4) is 34.4 Å². The molecular weight excluding hydrogens is 1500 g/mol. The topological polar surface area (TPSA) is 500 Å². The highest BCUT2D eigenvalue weighted by Crippen LogP contribution is 2.35. The Morgan fingerprint density at radius 3 is 1.22 bits per heavy atom. The second-order valence-corrected chi connectivity index (χ2v) is 33.0. The van der Waals surface area contributed by atoms with E-state index in [1.807, 2.05) is 36.4 Å². The van der Waals surface area contributed by atoms with Crippen molar-refractivity contribution in [2.24, 2.45) is 16.0 Å². The highest BCUT2D eigenvalue weighted by Gasteiger charge is 2.31. The Bertz CT molecular complexity index is 4930. The van der Waals surface area contributed by atoms with E-state index in [0.29, 0.717) is 29.0 Å². The van der Waals surface area contributed by atoms with Crippen LogP contribution in [0.1, 0.15) is 128 Å². The predicted molar refractivity (Wildman–Crippen MR) is 411 cm³/mol. The van der Waals surface area contributed by atoms with Crippen molar-refractivity contribution in [1.29, 1.82) is 0 Å². The van der Waals surface area contributed by atoms with Crippen LogP contribution in [0.4, 0.5) is 40.1 Å². The molecule has 0 aliphatic heterocycles. The summed E-state index contributed by atoms with van der Waals surface area (Å²) in [6, 6.07) is 35.9. The van der Waals surface area contributed by atoms with Crippen LogP contribution in [0.25, 0.3) is 11.4 Å². The quantitative estimate of drug-likeness (QED) is 0.0112. The van der Waals surface area contributed by atoms with E-state index < -0.39 is 70.8 Å². The van der Waals surface area contributed by atoms with Gasteiger partial charge in [-0.15, -0.1) is 10.2 Å². The molecule has 4 saturated carbocycles. The molecule has 108 heavy (non-hydrogen) atoms. The number of nitro benzene ring substituents is 2. The number of para-hydroxylation sites is 2. The number of ether oxygens (including phenoxy) is 4. The Kier molecular flexibility index (Phi) is 32.0. The molecule has 6 aromatic carbocycles. The van der Waals surface area contributed by atoms with E-state index in [9.17, 15) is 63.5 Å². The Labute approximate surface area is 631 Å². The van der Waals surface area contributed by atoms with Crippen LogP contribution in [0.15, 0.2) is 179 Å². The monoisotopic (exact) mass is 1590 g/mol. The summed E-state index contributed by atoms with van der Waals surface area (Å²) in [6.45, 7) is 0. The first-order valence-electron chi connectivity index (χ1n) is 34.6. The molecule has 586 valence electrons. The number of benzene rings is 6. The molecule has 4 fully saturated rings. The van der Waals surface area contributed by atoms with Crippen LogP contribution in [-0.4, -0.2) is 116 Å². The molecule has 33 nitrogen and oxygen atoms in total. The normalized spacial score (nSPS) is 15.3. The zero-order valence-electron chi connectivity index (χ0n) is 60.1. The first-order chi connectivity index (χ1) is 51.4. The minimum Gasteiger partial charge on any atom is -0.497 e. The van der Waals surface area contributed by atoms with Gasteiger partial charge in [0.05, 0.1) is 67.5 Å². The van der Waals surface area contributed by atoms with Gasteiger partial charge in [-0.2, -0.15) is 0 Å². The number of methoxy groups -OCH3 is 4. The molecule has 13 N–H and O–H groups in total. The molecule has 4 aliphatic rings. The van der Waals surface area contributed by atoms with Gasteiger partial charge in [0.25, 0.3) is 26.0 Å². The number of nitrogens with two attached hydrogens (primary N) is 4. The number of nitrogen functional groups attached to an aromatic ring is 3. The fourth-order valence-corrected chi connectivity index (χ4v) is 17.3. The van der Waals surface area contributed by atoms with Gasteiger partial charge >= 0.3 is 5.56 Å². The molecular formula is C70H92ClN15O18S4. The van der Waals surface area contributed by atoms with Crippen molar-refractivity contribution in [3.63, 3.8) is 0 Å². The molecule has 2 aromatic heterocycles. The number of anilines is 3. The zero-order chi connectivity index (χ0) is 78.8. The number of rotatable bonds is 20. The lowest BCUT2D eigenvalue weighted by Crippen LogP contribution is -2.36. The van der Waals surface area contributed by atoms with Gasteiger partial charge in [0, 0.05) is 53.0 Å². The van der Waals surface area contributed by atoms with E-state index in [4.69, 9.17) is 52.6 Å². The first-order valence-corrected chi connectivity index (χ1v) is 41.4. The first kappa shape index (κ1) is 85.5. The second-order valence-electron chi connectivity index (χ2n) is 25.4. The van der Waals surface area contributed by atoms with Crippen LogP contribution in [0.3, 0.4) is 0 Å². The molecule has 0 atom stereocenters. The minimum atomic E-state index is -4.13. The maximum absolute atomic E-state index is 13.1. The van der Waals surface area contributed by atoms with Gasteiger partial charge in [0.2, 0.25) is 30.1 Å². The highest BCUT2D eigenvalue weighted by atomic mass is 35.7. The summed E-state index contributed by atoms with van der Waals surface area (Å²) >= 11 is 0. The molecule has 8 aromatic rings. The van der Waals surface area contributed by atoms with E-state index in [1.165, 1.54) is 125 Å². The lowest BCUT2D eigenvalue weighted by atomic mass is 9.96. The fraction of sp³-hybridized carbons (Fsp3) is 0.400. The lowest BCUT2D eigenvalue weighted by Gasteiger charge is -2.23. The number of sulfonamides is 3. The van der Waals surface area contributed by atoms with E-state index in [0.717, 1.165) is 114 Å². The maximum Gasteiger partial charge on any atom is 0.301 e. The van der Waals surface area contributed by atoms with E-state index in [2.05, 4.69) is 34.6 Å². The number of H-pyrrole nitrogens is 2. The molecule has 38 heteroatoms. The third-order valence-electron chi connectivity index (χ3n) is 17.6. The molecule has 0 spiro atoms. The average molecular weight is 1600 g/mol. The molecule has 0 radical (unpaired) electrons. The highest BCUT2D eigenvalue weighted by molar-refractivity contribution is 8.13.